The van der Waals surface area contributed by atoms with Gasteiger partial charge in [-0.3, -0.25) is 4.79 Å². The van der Waals surface area contributed by atoms with E-state index < -0.39 is 17.2 Å². The van der Waals surface area contributed by atoms with Crippen molar-refractivity contribution < 1.29 is 23.8 Å². The molecule has 12 heteroatoms. The topological polar surface area (TPSA) is 131 Å². The standard InChI is InChI=1S/C27H35N7O5/c1-18-6-5-7-19(12-18)13-28-32-24-29-21-15-34(14-20(21)22(30-24)33-8-10-37-11-9-33)23(35)27(16-38-17-27)31-25(36)39-26(2,3)4/h5-7,12-13H,8-11,14-17H2,1-4H3,(H,31,36)(H,29,30,32)/b28-13+. The highest BCUT2D eigenvalue weighted by Crippen LogP contribution is 2.33. The monoisotopic (exact) mass is 537 g/mol. The van der Waals surface area contributed by atoms with Gasteiger partial charge >= 0.3 is 6.09 Å². The van der Waals surface area contributed by atoms with Gasteiger partial charge < -0.3 is 29.3 Å². The smallest absolute Gasteiger partial charge is 0.408 e. The highest BCUT2D eigenvalue weighted by atomic mass is 16.6. The summed E-state index contributed by atoms with van der Waals surface area (Å²) in [4.78, 5) is 39.5. The van der Waals surface area contributed by atoms with Crippen LogP contribution < -0.4 is 15.6 Å². The number of fused-ring (bicyclic) bond motifs is 1. The summed E-state index contributed by atoms with van der Waals surface area (Å²) in [5.41, 5.74) is 4.82. The molecule has 2 aromatic rings. The van der Waals surface area contributed by atoms with Crippen molar-refractivity contribution in [2.24, 2.45) is 5.10 Å². The molecule has 208 valence electrons. The first-order valence-electron chi connectivity index (χ1n) is 13.1. The lowest BCUT2D eigenvalue weighted by atomic mass is 9.95. The van der Waals surface area contributed by atoms with E-state index >= 15 is 0 Å². The largest absolute Gasteiger partial charge is 0.444 e. The molecule has 0 spiro atoms. The number of rotatable bonds is 6. The van der Waals surface area contributed by atoms with Crippen molar-refractivity contribution in [2.45, 2.75) is 51.9 Å². The summed E-state index contributed by atoms with van der Waals surface area (Å²) in [6.07, 6.45) is 1.07. The van der Waals surface area contributed by atoms with Crippen LogP contribution in [0.4, 0.5) is 16.6 Å². The number of alkyl carbamates (subject to hydrolysis) is 1. The Morgan fingerprint density at radius 2 is 1.90 bits per heavy atom. The summed E-state index contributed by atoms with van der Waals surface area (Å²) in [7, 11) is 0. The van der Waals surface area contributed by atoms with Crippen molar-refractivity contribution in [3.63, 3.8) is 0 Å². The summed E-state index contributed by atoms with van der Waals surface area (Å²) >= 11 is 0. The molecule has 0 unspecified atom stereocenters. The summed E-state index contributed by atoms with van der Waals surface area (Å²) < 4.78 is 16.3. The van der Waals surface area contributed by atoms with Gasteiger partial charge in [0.05, 0.1) is 51.4 Å². The van der Waals surface area contributed by atoms with Gasteiger partial charge in [0, 0.05) is 18.7 Å². The van der Waals surface area contributed by atoms with E-state index in [1.54, 1.807) is 31.9 Å². The number of hydrogen-bond acceptors (Lipinski definition) is 10. The number of amides is 2. The van der Waals surface area contributed by atoms with Crippen LogP contribution >= 0.6 is 0 Å². The van der Waals surface area contributed by atoms with Crippen LogP contribution in [0.25, 0.3) is 0 Å². The molecule has 2 N–H and O–H groups in total. The maximum Gasteiger partial charge on any atom is 0.408 e. The van der Waals surface area contributed by atoms with Crippen molar-refractivity contribution in [3.8, 4) is 0 Å². The number of aryl methyl sites for hydroxylation is 1. The van der Waals surface area contributed by atoms with Crippen LogP contribution in [0.5, 0.6) is 0 Å². The Labute approximate surface area is 227 Å². The van der Waals surface area contributed by atoms with Crippen molar-refractivity contribution in [1.29, 1.82) is 0 Å². The van der Waals surface area contributed by atoms with Crippen LogP contribution in [0.1, 0.15) is 43.2 Å². The number of anilines is 2. The highest BCUT2D eigenvalue weighted by Gasteiger charge is 2.51. The Balaban J connectivity index is 1.36. The molecule has 12 nitrogen and oxygen atoms in total. The zero-order valence-corrected chi connectivity index (χ0v) is 22.8. The van der Waals surface area contributed by atoms with Crippen molar-refractivity contribution in [1.82, 2.24) is 20.2 Å². The fraction of sp³-hybridized carbons (Fsp3) is 0.519. The van der Waals surface area contributed by atoms with E-state index in [-0.39, 0.29) is 25.7 Å². The predicted molar refractivity (Wildman–Crippen MR) is 145 cm³/mol. The first kappa shape index (κ1) is 26.8. The molecule has 39 heavy (non-hydrogen) atoms. The average molecular weight is 538 g/mol. The molecule has 1 aromatic heterocycles. The van der Waals surface area contributed by atoms with Gasteiger partial charge in [-0.1, -0.05) is 29.8 Å². The number of ether oxygens (including phenoxy) is 3. The van der Waals surface area contributed by atoms with Gasteiger partial charge in [0.1, 0.15) is 11.4 Å². The van der Waals surface area contributed by atoms with E-state index in [0.717, 1.165) is 28.2 Å². The fourth-order valence-electron chi connectivity index (χ4n) is 4.74. The summed E-state index contributed by atoms with van der Waals surface area (Å²) in [6, 6.07) is 8.00. The Bertz CT molecular complexity index is 1270. The fourth-order valence-corrected chi connectivity index (χ4v) is 4.74. The molecule has 1 aromatic carbocycles. The second-order valence-corrected chi connectivity index (χ2v) is 11.0. The number of hydrazone groups is 1. The van der Waals surface area contributed by atoms with E-state index in [2.05, 4.69) is 20.7 Å². The maximum atomic E-state index is 13.7. The molecular weight excluding hydrogens is 502 g/mol. The third-order valence-electron chi connectivity index (χ3n) is 6.63. The average Bonchev–Trinajstić information content (AvgIpc) is 3.29. The van der Waals surface area contributed by atoms with Gasteiger partial charge in [0.25, 0.3) is 5.91 Å². The van der Waals surface area contributed by atoms with E-state index in [9.17, 15) is 9.59 Å². The van der Waals surface area contributed by atoms with E-state index in [1.165, 1.54) is 0 Å². The van der Waals surface area contributed by atoms with Crippen LogP contribution in [-0.2, 0) is 32.1 Å². The SMILES string of the molecule is Cc1cccc(/C=N/Nc2nc3c(c(N4CCOCC4)n2)CN(C(=O)C2(NC(=O)OC(C)(C)C)COC2)C3)c1. The minimum absolute atomic E-state index is 0.0837. The summed E-state index contributed by atoms with van der Waals surface area (Å²) in [5, 5.41) is 7.10. The van der Waals surface area contributed by atoms with Crippen molar-refractivity contribution in [3.05, 3.63) is 46.6 Å². The zero-order chi connectivity index (χ0) is 27.6. The molecule has 0 aliphatic carbocycles. The molecule has 2 saturated heterocycles. The van der Waals surface area contributed by atoms with Crippen molar-refractivity contribution in [2.75, 3.05) is 49.8 Å². The molecule has 4 heterocycles. The van der Waals surface area contributed by atoms with Gasteiger partial charge in [-0.25, -0.2) is 15.2 Å². The van der Waals surface area contributed by atoms with Crippen LogP contribution in [-0.4, -0.2) is 83.7 Å². The number of hydrogen-bond donors (Lipinski definition) is 2. The van der Waals surface area contributed by atoms with Gasteiger partial charge in [-0.2, -0.15) is 10.1 Å². The van der Waals surface area contributed by atoms with Crippen LogP contribution in [0, 0.1) is 6.92 Å². The molecule has 0 radical (unpaired) electrons. The van der Waals surface area contributed by atoms with Crippen LogP contribution in [0.15, 0.2) is 29.4 Å². The second kappa shape index (κ2) is 10.8. The molecule has 0 bridgehead atoms. The first-order chi connectivity index (χ1) is 18.6. The van der Waals surface area contributed by atoms with Crippen molar-refractivity contribution >= 4 is 30.0 Å². The molecule has 0 saturated carbocycles. The molecule has 2 fully saturated rings. The Hall–Kier alpha value is -3.77. The summed E-state index contributed by atoms with van der Waals surface area (Å²) in [5.74, 6) is 0.866. The van der Waals surface area contributed by atoms with Gasteiger partial charge in [0.15, 0.2) is 5.54 Å². The normalized spacial score (nSPS) is 18.5. The Kier molecular flexibility index (Phi) is 7.41. The van der Waals surface area contributed by atoms with Gasteiger partial charge in [-0.15, -0.1) is 0 Å². The highest BCUT2D eigenvalue weighted by molar-refractivity contribution is 5.92. The number of carbonyl (C=O) groups excluding carboxylic acids is 2. The lowest BCUT2D eigenvalue weighted by molar-refractivity contribution is -0.159. The number of carbonyl (C=O) groups is 2. The number of aromatic nitrogens is 2. The molecule has 5 rings (SSSR count). The number of benzene rings is 1. The molecular formula is C27H35N7O5. The Morgan fingerprint density at radius 3 is 2.56 bits per heavy atom. The van der Waals surface area contributed by atoms with E-state index in [0.29, 0.717) is 38.8 Å². The zero-order valence-electron chi connectivity index (χ0n) is 22.8. The molecule has 2 amide bonds. The quantitative estimate of drug-likeness (QED) is 0.421. The third-order valence-corrected chi connectivity index (χ3v) is 6.63. The van der Waals surface area contributed by atoms with Crippen LogP contribution in [0.3, 0.4) is 0 Å². The minimum Gasteiger partial charge on any atom is -0.444 e. The van der Waals surface area contributed by atoms with Crippen LogP contribution in [0.2, 0.25) is 0 Å². The molecule has 3 aliphatic heterocycles. The van der Waals surface area contributed by atoms with E-state index in [4.69, 9.17) is 24.2 Å². The third kappa shape index (κ3) is 6.12. The Morgan fingerprint density at radius 1 is 1.13 bits per heavy atom. The van der Waals surface area contributed by atoms with Gasteiger partial charge in [0.2, 0.25) is 5.95 Å². The molecule has 0 atom stereocenters. The van der Waals surface area contributed by atoms with E-state index in [1.807, 2.05) is 31.2 Å². The molecule has 3 aliphatic rings. The lowest BCUT2D eigenvalue weighted by Gasteiger charge is -2.42. The maximum absolute atomic E-state index is 13.7. The number of morpholine rings is 1. The first-order valence-corrected chi connectivity index (χ1v) is 13.1. The second-order valence-electron chi connectivity index (χ2n) is 11.0. The van der Waals surface area contributed by atoms with Gasteiger partial charge in [-0.05, 0) is 33.3 Å². The number of nitrogens with one attached hydrogen (secondary N) is 2. The minimum atomic E-state index is -1.17. The predicted octanol–water partition coefficient (Wildman–Crippen LogP) is 2.20. The number of nitrogens with zero attached hydrogens (tertiary/aromatic N) is 5. The lowest BCUT2D eigenvalue weighted by Crippen LogP contribution is -2.70. The summed E-state index contributed by atoms with van der Waals surface area (Å²) in [6.45, 7) is 10.7.